The molecule has 0 spiro atoms. The average Bonchev–Trinajstić information content (AvgIpc) is 2.46. The Morgan fingerprint density at radius 3 is 3.05 bits per heavy atom. The number of nitrogens with zero attached hydrogens (tertiary/aromatic N) is 2. The molecule has 116 valence electrons. The van der Waals surface area contributed by atoms with Crippen molar-refractivity contribution in [3.63, 3.8) is 0 Å². The molecule has 0 aromatic carbocycles. The summed E-state index contributed by atoms with van der Waals surface area (Å²) >= 11 is 0. The van der Waals surface area contributed by atoms with E-state index in [0.717, 1.165) is 0 Å². The number of ether oxygens (including phenoxy) is 2. The van der Waals surface area contributed by atoms with E-state index < -0.39 is 15.5 Å². The number of methoxy groups -OCH3 is 1. The molecule has 2 aliphatic rings. The predicted octanol–water partition coefficient (Wildman–Crippen LogP) is -0.558. The number of allylic oxidation sites excluding steroid dienone is 1. The fourth-order valence-corrected chi connectivity index (χ4v) is 3.10. The van der Waals surface area contributed by atoms with Crippen molar-refractivity contribution in [2.45, 2.75) is 11.5 Å². The van der Waals surface area contributed by atoms with Crippen molar-refractivity contribution in [2.75, 3.05) is 33.4 Å². The Kier molecular flexibility index (Phi) is 4.84. The number of morpholine rings is 1. The van der Waals surface area contributed by atoms with Gasteiger partial charge in [-0.15, -0.1) is 0 Å². The molecule has 0 radical (unpaired) electrons. The quantitative estimate of drug-likeness (QED) is 0.664. The summed E-state index contributed by atoms with van der Waals surface area (Å²) in [5.41, 5.74) is 0.446. The number of rotatable bonds is 4. The zero-order valence-electron chi connectivity index (χ0n) is 11.5. The molecule has 1 fully saturated rings. The van der Waals surface area contributed by atoms with Crippen LogP contribution in [-0.2, 0) is 19.6 Å². The smallest absolute Gasteiger partial charge is 0.291 e. The van der Waals surface area contributed by atoms with Gasteiger partial charge in [0.25, 0.3) is 10.1 Å². The van der Waals surface area contributed by atoms with Gasteiger partial charge in [0.2, 0.25) is 0 Å². The maximum Gasteiger partial charge on any atom is 0.291 e. The second kappa shape index (κ2) is 6.44. The van der Waals surface area contributed by atoms with Gasteiger partial charge in [0.05, 0.1) is 30.6 Å². The van der Waals surface area contributed by atoms with E-state index in [-0.39, 0.29) is 11.7 Å². The van der Waals surface area contributed by atoms with Crippen LogP contribution in [0.15, 0.2) is 23.5 Å². The van der Waals surface area contributed by atoms with Crippen molar-refractivity contribution in [1.29, 1.82) is 5.26 Å². The minimum atomic E-state index is -4.41. The Hall–Kier alpha value is -1.60. The van der Waals surface area contributed by atoms with E-state index in [1.54, 1.807) is 13.2 Å². The molecule has 0 aliphatic carbocycles. The van der Waals surface area contributed by atoms with Gasteiger partial charge >= 0.3 is 0 Å². The highest BCUT2D eigenvalue weighted by molar-refractivity contribution is 7.86. The summed E-state index contributed by atoms with van der Waals surface area (Å²) in [5.74, 6) is 0. The lowest BCUT2D eigenvalue weighted by Gasteiger charge is -2.36. The van der Waals surface area contributed by atoms with E-state index in [1.807, 2.05) is 11.0 Å². The fourth-order valence-electron chi connectivity index (χ4n) is 2.37. The summed E-state index contributed by atoms with van der Waals surface area (Å²) in [6.45, 7) is 1.88. The largest absolute Gasteiger partial charge is 0.382 e. The van der Waals surface area contributed by atoms with E-state index >= 15 is 0 Å². The molecule has 2 N–H and O–H groups in total. The Labute approximate surface area is 123 Å². The van der Waals surface area contributed by atoms with Crippen LogP contribution in [0.1, 0.15) is 0 Å². The lowest BCUT2D eigenvalue weighted by atomic mass is 10.1. The van der Waals surface area contributed by atoms with Crippen LogP contribution in [0.4, 0.5) is 0 Å². The normalized spacial score (nSPS) is 26.4. The van der Waals surface area contributed by atoms with Gasteiger partial charge in [0.1, 0.15) is 6.07 Å². The first kappa shape index (κ1) is 15.8. The van der Waals surface area contributed by atoms with Gasteiger partial charge in [-0.25, -0.2) is 0 Å². The van der Waals surface area contributed by atoms with Gasteiger partial charge in [-0.05, 0) is 12.3 Å². The minimum Gasteiger partial charge on any atom is -0.382 e. The first-order chi connectivity index (χ1) is 9.97. The second-order valence-corrected chi connectivity index (χ2v) is 6.20. The molecule has 0 saturated carbocycles. The summed E-state index contributed by atoms with van der Waals surface area (Å²) in [5, 5.41) is 10.3. The number of nitriles is 1. The minimum absolute atomic E-state index is 0.0296. The lowest BCUT2D eigenvalue weighted by Crippen LogP contribution is -2.46. The first-order valence-corrected chi connectivity index (χ1v) is 7.86. The van der Waals surface area contributed by atoms with Crippen LogP contribution in [0, 0.1) is 11.3 Å². The number of hydrogen-bond donors (Lipinski definition) is 2. The van der Waals surface area contributed by atoms with Gasteiger partial charge in [0.15, 0.2) is 5.37 Å². The summed E-state index contributed by atoms with van der Waals surface area (Å²) in [4.78, 5) is 1.86. The third-order valence-electron chi connectivity index (χ3n) is 3.28. The third kappa shape index (κ3) is 3.54. The molecule has 0 aromatic rings. The highest BCUT2D eigenvalue weighted by atomic mass is 32.2. The van der Waals surface area contributed by atoms with Crippen LogP contribution in [-0.4, -0.2) is 62.8 Å². The van der Waals surface area contributed by atoms with Crippen molar-refractivity contribution in [3.8, 4) is 6.07 Å². The van der Waals surface area contributed by atoms with Crippen molar-refractivity contribution in [3.05, 3.63) is 23.5 Å². The predicted molar refractivity (Wildman–Crippen MR) is 73.4 cm³/mol. The number of nitrogens with one attached hydrogen (secondary N) is 1. The molecular formula is C12H17N3O5S. The maximum absolute atomic E-state index is 11.4. The Morgan fingerprint density at radius 2 is 2.43 bits per heavy atom. The molecule has 2 aliphatic heterocycles. The van der Waals surface area contributed by atoms with Crippen molar-refractivity contribution in [1.82, 2.24) is 10.2 Å². The zero-order chi connectivity index (χ0) is 15.5. The molecule has 0 bridgehead atoms. The highest BCUT2D eigenvalue weighted by Crippen LogP contribution is 2.23. The lowest BCUT2D eigenvalue weighted by molar-refractivity contribution is -0.0515. The molecule has 2 atom stereocenters. The Bertz CT molecular complexity index is 591. The number of hydrogen-bond acceptors (Lipinski definition) is 7. The molecule has 9 heteroatoms. The third-order valence-corrected chi connectivity index (χ3v) is 4.24. The van der Waals surface area contributed by atoms with Gasteiger partial charge < -0.3 is 19.7 Å². The molecule has 21 heavy (non-hydrogen) atoms. The molecule has 2 rings (SSSR count). The highest BCUT2D eigenvalue weighted by Gasteiger charge is 2.33. The van der Waals surface area contributed by atoms with Crippen molar-refractivity contribution < 1.29 is 22.4 Å². The van der Waals surface area contributed by atoms with Crippen LogP contribution in [0.5, 0.6) is 0 Å². The van der Waals surface area contributed by atoms with E-state index in [2.05, 4.69) is 5.32 Å². The molecule has 2 heterocycles. The molecule has 0 amide bonds. The standard InChI is InChI=1S/C12H17N3O5S/c1-19-8-9-7-15(4-5-20-9)11-2-3-14-12(10(11)6-13)21(16,17)18/h2-3,9,12,14H,4-5,7-8H2,1H3,(H,16,17,18). The summed E-state index contributed by atoms with van der Waals surface area (Å²) in [6.07, 6.45) is 2.88. The second-order valence-electron chi connectivity index (χ2n) is 4.70. The van der Waals surface area contributed by atoms with Gasteiger partial charge in [-0.2, -0.15) is 13.7 Å². The van der Waals surface area contributed by atoms with Crippen LogP contribution >= 0.6 is 0 Å². The monoisotopic (exact) mass is 315 g/mol. The van der Waals surface area contributed by atoms with Gasteiger partial charge in [-0.3, -0.25) is 4.55 Å². The molecule has 1 saturated heterocycles. The van der Waals surface area contributed by atoms with Crippen LogP contribution in [0.2, 0.25) is 0 Å². The van der Waals surface area contributed by atoms with Gasteiger partial charge in [0, 0.05) is 20.2 Å². The average molecular weight is 315 g/mol. The van der Waals surface area contributed by atoms with E-state index in [1.165, 1.54) is 6.20 Å². The SMILES string of the molecule is COCC1CN(C2=C(C#N)C(S(=O)(=O)O)NC=C2)CCO1. The Balaban J connectivity index is 2.29. The summed E-state index contributed by atoms with van der Waals surface area (Å²) in [7, 11) is -2.84. The van der Waals surface area contributed by atoms with Crippen LogP contribution in [0.3, 0.4) is 0 Å². The fraction of sp³-hybridized carbons (Fsp3) is 0.583. The zero-order valence-corrected chi connectivity index (χ0v) is 12.3. The molecular weight excluding hydrogens is 298 g/mol. The first-order valence-electron chi connectivity index (χ1n) is 6.36. The van der Waals surface area contributed by atoms with Crippen molar-refractivity contribution in [2.24, 2.45) is 0 Å². The molecule has 8 nitrogen and oxygen atoms in total. The van der Waals surface area contributed by atoms with Crippen molar-refractivity contribution >= 4 is 10.1 Å². The van der Waals surface area contributed by atoms with Crippen LogP contribution in [0.25, 0.3) is 0 Å². The molecule has 0 aromatic heterocycles. The molecule has 2 unspecified atom stereocenters. The van der Waals surface area contributed by atoms with Crippen LogP contribution < -0.4 is 5.32 Å². The summed E-state index contributed by atoms with van der Waals surface area (Å²) < 4.78 is 42.5. The Morgan fingerprint density at radius 1 is 1.67 bits per heavy atom. The summed E-state index contributed by atoms with van der Waals surface area (Å²) in [6, 6.07) is 1.87. The van der Waals surface area contributed by atoms with E-state index in [4.69, 9.17) is 9.47 Å². The topological polar surface area (TPSA) is 112 Å². The van der Waals surface area contributed by atoms with E-state index in [0.29, 0.717) is 32.0 Å². The number of dihydropyridines is 1. The maximum atomic E-state index is 11.4. The van der Waals surface area contributed by atoms with Gasteiger partial charge in [-0.1, -0.05) is 0 Å². The van der Waals surface area contributed by atoms with E-state index in [9.17, 15) is 18.2 Å².